The maximum atomic E-state index is 13.5. The van der Waals surface area contributed by atoms with E-state index in [0.717, 1.165) is 17.7 Å². The van der Waals surface area contributed by atoms with Crippen LogP contribution in [0.3, 0.4) is 0 Å². The Morgan fingerprint density at radius 1 is 1.14 bits per heavy atom. The molecule has 1 aliphatic carbocycles. The van der Waals surface area contributed by atoms with Crippen molar-refractivity contribution in [3.8, 4) is 10.9 Å². The lowest BCUT2D eigenvalue weighted by Crippen LogP contribution is -2.41. The number of carbonyl (C=O) groups excluding carboxylic acids is 1. The third-order valence-corrected chi connectivity index (χ3v) is 7.94. The van der Waals surface area contributed by atoms with Crippen molar-refractivity contribution in [3.63, 3.8) is 0 Å². The molecule has 0 bridgehead atoms. The third kappa shape index (κ3) is 6.71. The van der Waals surface area contributed by atoms with Crippen LogP contribution in [0.15, 0.2) is 42.6 Å². The topological polar surface area (TPSA) is 77.7 Å². The third-order valence-electron chi connectivity index (χ3n) is 6.42. The van der Waals surface area contributed by atoms with Crippen molar-refractivity contribution in [1.29, 1.82) is 0 Å². The number of rotatable bonds is 12. The Balaban J connectivity index is 1.32. The molecule has 6 nitrogen and oxygen atoms in total. The van der Waals surface area contributed by atoms with Gasteiger partial charge in [-0.2, -0.15) is 0 Å². The molecule has 1 amide bonds. The van der Waals surface area contributed by atoms with Gasteiger partial charge in [0, 0.05) is 30.2 Å². The zero-order valence-electron chi connectivity index (χ0n) is 20.5. The molecule has 0 spiro atoms. The molecule has 1 heterocycles. The number of nitrogens with zero attached hydrogens (tertiary/aromatic N) is 2. The highest BCUT2D eigenvalue weighted by molar-refractivity contribution is 7.13. The molecule has 4 rings (SSSR count). The molecule has 1 aromatic heterocycles. The summed E-state index contributed by atoms with van der Waals surface area (Å²) < 4.78 is 11.4. The maximum Gasteiger partial charge on any atom is 0.273 e. The number of nitrogens with two attached hydrogens (primary N) is 1. The zero-order valence-corrected chi connectivity index (χ0v) is 22.8. The molecule has 192 valence electrons. The van der Waals surface area contributed by atoms with Crippen LogP contribution in [0.5, 0.6) is 10.9 Å². The summed E-state index contributed by atoms with van der Waals surface area (Å²) in [5.74, 6) is 0.256. The van der Waals surface area contributed by atoms with Crippen LogP contribution < -0.4 is 15.2 Å². The minimum Gasteiger partial charge on any atom is -0.487 e. The lowest BCUT2D eigenvalue weighted by atomic mass is 10.00. The molecule has 0 radical (unpaired) electrons. The van der Waals surface area contributed by atoms with Crippen molar-refractivity contribution in [2.24, 2.45) is 11.7 Å². The van der Waals surface area contributed by atoms with Gasteiger partial charge >= 0.3 is 0 Å². The first-order valence-electron chi connectivity index (χ1n) is 12.1. The molecule has 3 aromatic rings. The number of carbonyl (C=O) groups is 1. The highest BCUT2D eigenvalue weighted by atomic mass is 35.5. The second-order valence-electron chi connectivity index (χ2n) is 9.03. The van der Waals surface area contributed by atoms with Crippen LogP contribution in [0.2, 0.25) is 10.0 Å². The van der Waals surface area contributed by atoms with Crippen molar-refractivity contribution in [2.45, 2.75) is 45.7 Å². The largest absolute Gasteiger partial charge is 0.487 e. The Bertz CT molecular complexity index is 1180. The Morgan fingerprint density at radius 2 is 1.83 bits per heavy atom. The second kappa shape index (κ2) is 12.3. The fourth-order valence-electron chi connectivity index (χ4n) is 4.03. The van der Waals surface area contributed by atoms with E-state index in [2.05, 4.69) is 37.0 Å². The lowest BCUT2D eigenvalue weighted by molar-refractivity contribution is -0.136. The highest BCUT2D eigenvalue weighted by Gasteiger charge is 2.36. The number of aromatic nitrogens is 1. The van der Waals surface area contributed by atoms with Crippen LogP contribution in [0.4, 0.5) is 0 Å². The number of hydrogen-bond acceptors (Lipinski definition) is 6. The molecule has 2 N–H and O–H groups in total. The fraction of sp³-hybridized carbons (Fsp3) is 0.407. The Morgan fingerprint density at radius 3 is 2.53 bits per heavy atom. The van der Waals surface area contributed by atoms with Crippen molar-refractivity contribution in [3.05, 3.63) is 74.2 Å². The molecule has 1 atom stereocenters. The van der Waals surface area contributed by atoms with E-state index in [1.807, 2.05) is 4.90 Å². The zero-order chi connectivity index (χ0) is 25.7. The summed E-state index contributed by atoms with van der Waals surface area (Å²) in [5, 5.41) is 1.43. The second-order valence-corrected chi connectivity index (χ2v) is 10.9. The van der Waals surface area contributed by atoms with Crippen molar-refractivity contribution in [1.82, 2.24) is 9.88 Å². The lowest BCUT2D eigenvalue weighted by Gasteiger charge is -2.27. The number of amides is 1. The van der Waals surface area contributed by atoms with E-state index in [-0.39, 0.29) is 25.0 Å². The fourth-order valence-corrected chi connectivity index (χ4v) is 5.40. The van der Waals surface area contributed by atoms with E-state index >= 15 is 0 Å². The number of benzene rings is 2. The predicted molar refractivity (Wildman–Crippen MR) is 145 cm³/mol. The minimum absolute atomic E-state index is 0.113. The van der Waals surface area contributed by atoms with Crippen LogP contribution in [0.25, 0.3) is 0 Å². The van der Waals surface area contributed by atoms with Gasteiger partial charge in [-0.05, 0) is 61.9 Å². The van der Waals surface area contributed by atoms with Gasteiger partial charge < -0.3 is 20.1 Å². The van der Waals surface area contributed by atoms with E-state index in [4.69, 9.17) is 38.4 Å². The molecule has 0 aliphatic heterocycles. The Kier molecular flexibility index (Phi) is 9.12. The molecular weight excluding hydrogens is 517 g/mol. The molecule has 2 aromatic carbocycles. The maximum absolute atomic E-state index is 13.5. The number of para-hydroxylation sites is 1. The molecule has 9 heteroatoms. The van der Waals surface area contributed by atoms with Crippen LogP contribution in [0, 0.1) is 19.8 Å². The van der Waals surface area contributed by atoms with Crippen LogP contribution in [0.1, 0.15) is 34.4 Å². The van der Waals surface area contributed by atoms with Crippen LogP contribution in [-0.4, -0.2) is 41.6 Å². The van der Waals surface area contributed by atoms with Gasteiger partial charge in [-0.15, -0.1) is 0 Å². The summed E-state index contributed by atoms with van der Waals surface area (Å²) in [6.45, 7) is 5.70. The van der Waals surface area contributed by atoms with E-state index in [0.29, 0.717) is 46.6 Å². The molecule has 1 saturated carbocycles. The summed E-state index contributed by atoms with van der Waals surface area (Å²) in [4.78, 5) is 20.9. The molecule has 1 aliphatic rings. The number of halogens is 2. The first-order valence-corrected chi connectivity index (χ1v) is 13.6. The van der Waals surface area contributed by atoms with E-state index < -0.39 is 0 Å². The molecule has 1 fully saturated rings. The Labute approximate surface area is 226 Å². The summed E-state index contributed by atoms with van der Waals surface area (Å²) in [7, 11) is 0. The first-order chi connectivity index (χ1) is 17.4. The molecule has 36 heavy (non-hydrogen) atoms. The highest BCUT2D eigenvalue weighted by Crippen LogP contribution is 2.33. The average Bonchev–Trinajstić information content (AvgIpc) is 3.61. The first kappa shape index (κ1) is 26.7. The van der Waals surface area contributed by atoms with Crippen LogP contribution >= 0.6 is 34.5 Å². The van der Waals surface area contributed by atoms with Crippen molar-refractivity contribution in [2.75, 3.05) is 19.8 Å². The van der Waals surface area contributed by atoms with Gasteiger partial charge in [0.15, 0.2) is 5.75 Å². The van der Waals surface area contributed by atoms with E-state index in [9.17, 15) is 4.79 Å². The SMILES string of the molecule is Cc1cccc(CN(C(=O)[C@@H](CN)Cc2cnc(OCCOc3c(Cl)cccc3Cl)s2)C2CC2)c1C. The Hall–Kier alpha value is -2.32. The predicted octanol–water partition coefficient (Wildman–Crippen LogP) is 5.83. The summed E-state index contributed by atoms with van der Waals surface area (Å²) >= 11 is 13.7. The normalized spacial score (nSPS) is 13.9. The number of hydrogen-bond donors (Lipinski definition) is 1. The summed E-state index contributed by atoms with van der Waals surface area (Å²) in [5.41, 5.74) is 9.75. The van der Waals surface area contributed by atoms with Gasteiger partial charge in [0.2, 0.25) is 5.91 Å². The molecule has 0 saturated heterocycles. The monoisotopic (exact) mass is 547 g/mol. The quantitative estimate of drug-likeness (QED) is 0.288. The van der Waals surface area contributed by atoms with Crippen LogP contribution in [-0.2, 0) is 17.8 Å². The minimum atomic E-state index is -0.297. The average molecular weight is 549 g/mol. The van der Waals surface area contributed by atoms with Crippen molar-refractivity contribution < 1.29 is 14.3 Å². The smallest absolute Gasteiger partial charge is 0.273 e. The van der Waals surface area contributed by atoms with Gasteiger partial charge in [0.05, 0.1) is 16.0 Å². The standard InChI is InChI=1S/C27H31Cl2N3O3S/c1-17-5-3-6-19(18(17)2)16-32(21-9-10-21)26(33)20(14-30)13-22-15-31-27(36-22)35-12-11-34-25-23(28)7-4-8-24(25)29/h3-8,15,20-21H,9-14,16,30H2,1-2H3/t20-/m1/s1. The van der Waals surface area contributed by atoms with Gasteiger partial charge in [0.25, 0.3) is 5.19 Å². The van der Waals surface area contributed by atoms with Gasteiger partial charge in [-0.1, -0.05) is 58.8 Å². The summed E-state index contributed by atoms with van der Waals surface area (Å²) in [6.07, 6.45) is 4.40. The van der Waals surface area contributed by atoms with E-state index in [1.165, 1.54) is 28.0 Å². The van der Waals surface area contributed by atoms with Crippen molar-refractivity contribution >= 4 is 40.4 Å². The summed E-state index contributed by atoms with van der Waals surface area (Å²) in [6, 6.07) is 11.8. The molecule has 0 unspecified atom stereocenters. The number of ether oxygens (including phenoxy) is 2. The van der Waals surface area contributed by atoms with Gasteiger partial charge in [-0.25, -0.2) is 4.98 Å². The molecular formula is C27H31Cl2N3O3S. The van der Waals surface area contributed by atoms with Gasteiger partial charge in [-0.3, -0.25) is 4.79 Å². The number of aryl methyl sites for hydroxylation is 1. The van der Waals surface area contributed by atoms with E-state index in [1.54, 1.807) is 24.4 Å². The van der Waals surface area contributed by atoms with Gasteiger partial charge in [0.1, 0.15) is 13.2 Å². The number of thiazole rings is 1.